The lowest BCUT2D eigenvalue weighted by Gasteiger charge is -2.27. The van der Waals surface area contributed by atoms with E-state index in [1.807, 2.05) is 62.4 Å². The van der Waals surface area contributed by atoms with Crippen molar-refractivity contribution < 1.29 is 19.0 Å². The summed E-state index contributed by atoms with van der Waals surface area (Å²) in [5.41, 5.74) is 1.36. The molecular weight excluding hydrogens is 330 g/mol. The molecule has 0 fully saturated rings. The predicted molar refractivity (Wildman–Crippen MR) is 99.0 cm³/mol. The van der Waals surface area contributed by atoms with Crippen molar-refractivity contribution >= 4 is 16.7 Å². The van der Waals surface area contributed by atoms with E-state index in [-0.39, 0.29) is 5.69 Å². The van der Waals surface area contributed by atoms with Crippen molar-refractivity contribution in [2.75, 3.05) is 7.11 Å². The van der Waals surface area contributed by atoms with Crippen LogP contribution in [-0.4, -0.2) is 23.9 Å². The van der Waals surface area contributed by atoms with Gasteiger partial charge < -0.3 is 14.2 Å². The van der Waals surface area contributed by atoms with Gasteiger partial charge >= 0.3 is 5.97 Å². The molecule has 0 saturated carbocycles. The number of ether oxygens (including phenoxy) is 3. The molecule has 3 rings (SSSR count). The van der Waals surface area contributed by atoms with Gasteiger partial charge in [0.05, 0.1) is 13.7 Å². The molecule has 0 radical (unpaired) electrons. The zero-order valence-electron chi connectivity index (χ0n) is 15.1. The second-order valence-electron chi connectivity index (χ2n) is 6.35. The number of hydrogen-bond donors (Lipinski definition) is 0. The number of benzene rings is 2. The van der Waals surface area contributed by atoms with Gasteiger partial charge in [0, 0.05) is 25.4 Å². The zero-order valence-corrected chi connectivity index (χ0v) is 15.1. The Morgan fingerprint density at radius 1 is 1.04 bits per heavy atom. The Labute approximate surface area is 152 Å². The molecule has 1 heterocycles. The van der Waals surface area contributed by atoms with Gasteiger partial charge in [0.2, 0.25) is 5.79 Å². The monoisotopic (exact) mass is 351 g/mol. The van der Waals surface area contributed by atoms with Crippen LogP contribution in [0.1, 0.15) is 29.9 Å². The minimum atomic E-state index is -0.789. The fraction of sp³-hybridized carbons (Fsp3) is 0.238. The molecular formula is C21H21NO4. The normalized spacial score (nSPS) is 11.3. The number of esters is 1. The highest BCUT2D eigenvalue weighted by Gasteiger charge is 2.21. The summed E-state index contributed by atoms with van der Waals surface area (Å²) >= 11 is 0. The van der Waals surface area contributed by atoms with Gasteiger partial charge in [0.25, 0.3) is 0 Å². The van der Waals surface area contributed by atoms with Gasteiger partial charge in [0.15, 0.2) is 0 Å². The molecule has 0 aliphatic rings. The van der Waals surface area contributed by atoms with Crippen molar-refractivity contribution in [1.82, 2.24) is 4.98 Å². The zero-order chi connectivity index (χ0) is 18.6. The topological polar surface area (TPSA) is 57.7 Å². The maximum atomic E-state index is 11.6. The molecule has 0 unspecified atom stereocenters. The molecule has 5 heteroatoms. The van der Waals surface area contributed by atoms with Crippen molar-refractivity contribution in [1.29, 1.82) is 0 Å². The number of aromatic nitrogens is 1. The lowest BCUT2D eigenvalue weighted by Crippen LogP contribution is -2.31. The van der Waals surface area contributed by atoms with E-state index in [1.54, 1.807) is 12.3 Å². The molecule has 5 nitrogen and oxygen atoms in total. The number of rotatable bonds is 6. The van der Waals surface area contributed by atoms with Crippen LogP contribution in [0.4, 0.5) is 0 Å². The van der Waals surface area contributed by atoms with Gasteiger partial charge in [-0.2, -0.15) is 0 Å². The van der Waals surface area contributed by atoms with Crippen LogP contribution in [-0.2, 0) is 16.1 Å². The second-order valence-corrected chi connectivity index (χ2v) is 6.35. The molecule has 134 valence electrons. The minimum absolute atomic E-state index is 0.278. The first-order valence-corrected chi connectivity index (χ1v) is 8.32. The Balaban J connectivity index is 1.72. The molecule has 0 aliphatic carbocycles. The number of fused-ring (bicyclic) bond motifs is 1. The summed E-state index contributed by atoms with van der Waals surface area (Å²) in [6, 6.07) is 17.2. The average Bonchev–Trinajstić information content (AvgIpc) is 2.66. The van der Waals surface area contributed by atoms with Crippen LogP contribution in [0, 0.1) is 0 Å². The quantitative estimate of drug-likeness (QED) is 0.488. The van der Waals surface area contributed by atoms with Gasteiger partial charge in [-0.05, 0) is 29.1 Å². The van der Waals surface area contributed by atoms with Crippen LogP contribution >= 0.6 is 0 Å². The van der Waals surface area contributed by atoms with E-state index in [9.17, 15) is 4.79 Å². The summed E-state index contributed by atoms with van der Waals surface area (Å²) in [5.74, 6) is -0.575. The SMILES string of the molecule is COC(=O)c1cc2ccc(OC(C)(C)OCc3ccccc3)cc2cn1. The molecule has 0 saturated heterocycles. The molecule has 0 aliphatic heterocycles. The molecule has 0 bridgehead atoms. The molecule has 1 aromatic heterocycles. The molecule has 2 aromatic carbocycles. The third-order valence-corrected chi connectivity index (χ3v) is 3.88. The molecule has 0 atom stereocenters. The number of carbonyl (C=O) groups excluding carboxylic acids is 1. The van der Waals surface area contributed by atoms with Crippen molar-refractivity contribution in [3.8, 4) is 5.75 Å². The lowest BCUT2D eigenvalue weighted by molar-refractivity contribution is -0.164. The van der Waals surface area contributed by atoms with Crippen LogP contribution in [0.5, 0.6) is 5.75 Å². The van der Waals surface area contributed by atoms with E-state index in [4.69, 9.17) is 14.2 Å². The number of carbonyl (C=O) groups is 1. The van der Waals surface area contributed by atoms with E-state index in [1.165, 1.54) is 7.11 Å². The van der Waals surface area contributed by atoms with Gasteiger partial charge in [-0.3, -0.25) is 0 Å². The highest BCUT2D eigenvalue weighted by atomic mass is 16.7. The first-order chi connectivity index (χ1) is 12.5. The lowest BCUT2D eigenvalue weighted by atomic mass is 10.1. The van der Waals surface area contributed by atoms with Crippen molar-refractivity contribution in [3.63, 3.8) is 0 Å². The van der Waals surface area contributed by atoms with Crippen LogP contribution in [0.3, 0.4) is 0 Å². The molecule has 0 amide bonds. The maximum absolute atomic E-state index is 11.6. The Bertz CT molecular complexity index is 906. The standard InChI is InChI=1S/C21H21NO4/c1-21(2,25-14-15-7-5-4-6-8-15)26-18-10-9-16-12-19(20(23)24-3)22-13-17(16)11-18/h4-13H,14H2,1-3H3. The van der Waals surface area contributed by atoms with E-state index >= 15 is 0 Å². The van der Waals surface area contributed by atoms with Crippen LogP contribution in [0.25, 0.3) is 10.8 Å². The minimum Gasteiger partial charge on any atom is -0.464 e. The predicted octanol–water partition coefficient (Wildman–Crippen LogP) is 4.35. The highest BCUT2D eigenvalue weighted by molar-refractivity contribution is 5.93. The Kier molecular flexibility index (Phi) is 5.19. The van der Waals surface area contributed by atoms with Crippen LogP contribution in [0.2, 0.25) is 0 Å². The average molecular weight is 351 g/mol. The summed E-state index contributed by atoms with van der Waals surface area (Å²) < 4.78 is 16.6. The van der Waals surface area contributed by atoms with Crippen molar-refractivity contribution in [2.45, 2.75) is 26.2 Å². The van der Waals surface area contributed by atoms with Gasteiger partial charge in [-0.15, -0.1) is 0 Å². The first kappa shape index (κ1) is 17.9. The summed E-state index contributed by atoms with van der Waals surface area (Å²) in [5, 5.41) is 1.75. The van der Waals surface area contributed by atoms with E-state index < -0.39 is 11.8 Å². The summed E-state index contributed by atoms with van der Waals surface area (Å²) in [6.45, 7) is 4.21. The van der Waals surface area contributed by atoms with Gasteiger partial charge in [-0.25, -0.2) is 9.78 Å². The number of methoxy groups -OCH3 is 1. The van der Waals surface area contributed by atoms with E-state index in [0.29, 0.717) is 12.4 Å². The summed E-state index contributed by atoms with van der Waals surface area (Å²) in [6.07, 6.45) is 1.63. The number of hydrogen-bond acceptors (Lipinski definition) is 5. The second kappa shape index (κ2) is 7.54. The largest absolute Gasteiger partial charge is 0.464 e. The van der Waals surface area contributed by atoms with Crippen molar-refractivity contribution in [2.24, 2.45) is 0 Å². The summed E-state index contributed by atoms with van der Waals surface area (Å²) in [4.78, 5) is 15.7. The van der Waals surface area contributed by atoms with Crippen LogP contribution in [0.15, 0.2) is 60.8 Å². The Hall–Kier alpha value is -2.92. The van der Waals surface area contributed by atoms with Gasteiger partial charge in [-0.1, -0.05) is 36.4 Å². The highest BCUT2D eigenvalue weighted by Crippen LogP contribution is 2.25. The Morgan fingerprint density at radius 2 is 1.81 bits per heavy atom. The van der Waals surface area contributed by atoms with Crippen molar-refractivity contribution in [3.05, 3.63) is 72.1 Å². The smallest absolute Gasteiger partial charge is 0.356 e. The maximum Gasteiger partial charge on any atom is 0.356 e. The Morgan fingerprint density at radius 3 is 2.54 bits per heavy atom. The van der Waals surface area contributed by atoms with E-state index in [0.717, 1.165) is 16.3 Å². The molecule has 0 N–H and O–H groups in total. The fourth-order valence-corrected chi connectivity index (χ4v) is 2.54. The fourth-order valence-electron chi connectivity index (χ4n) is 2.54. The summed E-state index contributed by atoms with van der Waals surface area (Å²) in [7, 11) is 1.34. The first-order valence-electron chi connectivity index (χ1n) is 8.32. The van der Waals surface area contributed by atoms with Crippen LogP contribution < -0.4 is 4.74 Å². The molecule has 3 aromatic rings. The van der Waals surface area contributed by atoms with Gasteiger partial charge in [0.1, 0.15) is 11.4 Å². The third-order valence-electron chi connectivity index (χ3n) is 3.88. The molecule has 0 spiro atoms. The number of nitrogens with zero attached hydrogens (tertiary/aromatic N) is 1. The van der Waals surface area contributed by atoms with E-state index in [2.05, 4.69) is 4.98 Å². The third kappa shape index (κ3) is 4.37. The molecule has 26 heavy (non-hydrogen) atoms. The number of pyridine rings is 1.